The van der Waals surface area contributed by atoms with E-state index in [2.05, 4.69) is 16.0 Å². The lowest BCUT2D eigenvalue weighted by atomic mass is 9.90. The minimum Gasteiger partial charge on any atom is -0.480 e. The molecule has 1 aliphatic heterocycles. The first-order valence-corrected chi connectivity index (χ1v) is 7.14. The zero-order valence-electron chi connectivity index (χ0n) is 12.2. The van der Waals surface area contributed by atoms with E-state index in [1.807, 2.05) is 6.92 Å². The Morgan fingerprint density at radius 2 is 1.81 bits per heavy atom. The fraction of sp³-hybridized carbons (Fsp3) is 0.769. The van der Waals surface area contributed by atoms with Gasteiger partial charge < -0.3 is 25.8 Å². The molecule has 1 aliphatic rings. The maximum absolute atomic E-state index is 11.8. The van der Waals surface area contributed by atoms with Crippen LogP contribution in [0.2, 0.25) is 0 Å². The smallest absolute Gasteiger partial charge is 0.329 e. The lowest BCUT2D eigenvalue weighted by molar-refractivity contribution is -0.148. The summed E-state index contributed by atoms with van der Waals surface area (Å²) in [7, 11) is 0. The van der Waals surface area contributed by atoms with Gasteiger partial charge in [-0.2, -0.15) is 0 Å². The highest BCUT2D eigenvalue weighted by Crippen LogP contribution is 2.20. The van der Waals surface area contributed by atoms with Gasteiger partial charge in [0.15, 0.2) is 0 Å². The van der Waals surface area contributed by atoms with Gasteiger partial charge in [0.2, 0.25) is 5.91 Å². The lowest BCUT2D eigenvalue weighted by Crippen LogP contribution is -2.59. The van der Waals surface area contributed by atoms with Crippen LogP contribution in [0.3, 0.4) is 0 Å². The van der Waals surface area contributed by atoms with Crippen LogP contribution in [0.25, 0.3) is 0 Å². The van der Waals surface area contributed by atoms with E-state index in [9.17, 15) is 19.5 Å². The number of aliphatic carboxylic acids is 1. The van der Waals surface area contributed by atoms with Gasteiger partial charge in [-0.3, -0.25) is 4.79 Å². The topological polar surface area (TPSA) is 117 Å². The second-order valence-electron chi connectivity index (χ2n) is 4.98. The fourth-order valence-electron chi connectivity index (χ4n) is 2.02. The van der Waals surface area contributed by atoms with Crippen LogP contribution in [0.5, 0.6) is 0 Å². The van der Waals surface area contributed by atoms with Crippen LogP contribution in [-0.4, -0.2) is 54.9 Å². The van der Waals surface area contributed by atoms with E-state index in [1.54, 1.807) is 0 Å². The van der Waals surface area contributed by atoms with E-state index in [-0.39, 0.29) is 31.7 Å². The first-order valence-electron chi connectivity index (χ1n) is 7.14. The molecular formula is C13H23N3O5. The average molecular weight is 301 g/mol. The Labute approximate surface area is 123 Å². The Hall–Kier alpha value is -1.83. The molecular weight excluding hydrogens is 278 g/mol. The molecule has 0 spiro atoms. The van der Waals surface area contributed by atoms with Crippen LogP contribution in [0.1, 0.15) is 32.6 Å². The number of nitrogens with one attached hydrogen (secondary N) is 3. The Morgan fingerprint density at radius 3 is 2.38 bits per heavy atom. The van der Waals surface area contributed by atoms with Crippen LogP contribution in [-0.2, 0) is 14.3 Å². The van der Waals surface area contributed by atoms with Crippen molar-refractivity contribution in [2.75, 3.05) is 26.3 Å². The number of rotatable bonds is 7. The monoisotopic (exact) mass is 301 g/mol. The molecule has 8 heteroatoms. The molecule has 0 aromatic rings. The van der Waals surface area contributed by atoms with Gasteiger partial charge in [-0.05, 0) is 6.42 Å². The van der Waals surface area contributed by atoms with Crippen molar-refractivity contribution in [1.82, 2.24) is 16.0 Å². The van der Waals surface area contributed by atoms with E-state index in [1.165, 1.54) is 0 Å². The van der Waals surface area contributed by atoms with Gasteiger partial charge in [0.05, 0.1) is 0 Å². The van der Waals surface area contributed by atoms with Gasteiger partial charge in [0.25, 0.3) is 0 Å². The normalized spacial score (nSPS) is 16.8. The predicted octanol–water partition coefficient (Wildman–Crippen LogP) is -0.164. The summed E-state index contributed by atoms with van der Waals surface area (Å²) in [5.41, 5.74) is -1.28. The number of carbonyl (C=O) groups excluding carboxylic acids is 2. The van der Waals surface area contributed by atoms with Crippen LogP contribution < -0.4 is 16.0 Å². The second-order valence-corrected chi connectivity index (χ2v) is 4.98. The Balaban J connectivity index is 2.34. The van der Waals surface area contributed by atoms with E-state index in [0.717, 1.165) is 6.42 Å². The van der Waals surface area contributed by atoms with Crippen molar-refractivity contribution in [3.05, 3.63) is 0 Å². The minimum atomic E-state index is -1.28. The van der Waals surface area contributed by atoms with Crippen molar-refractivity contribution >= 4 is 17.9 Å². The van der Waals surface area contributed by atoms with Crippen LogP contribution >= 0.6 is 0 Å². The van der Waals surface area contributed by atoms with Gasteiger partial charge in [-0.1, -0.05) is 6.92 Å². The Morgan fingerprint density at radius 1 is 1.14 bits per heavy atom. The molecule has 0 bridgehead atoms. The predicted molar refractivity (Wildman–Crippen MR) is 74.9 cm³/mol. The summed E-state index contributed by atoms with van der Waals surface area (Å²) in [5.74, 6) is -1.21. The molecule has 1 rings (SSSR count). The first-order chi connectivity index (χ1) is 10.00. The molecule has 0 aromatic carbocycles. The van der Waals surface area contributed by atoms with E-state index < -0.39 is 17.5 Å². The number of carboxylic acid groups (broad SMARTS) is 1. The molecule has 0 atom stereocenters. The number of carbonyl (C=O) groups is 3. The summed E-state index contributed by atoms with van der Waals surface area (Å²) in [6, 6.07) is -0.581. The number of carboxylic acids is 1. The molecule has 1 saturated heterocycles. The largest absolute Gasteiger partial charge is 0.480 e. The molecule has 21 heavy (non-hydrogen) atoms. The minimum absolute atomic E-state index is 0.142. The number of amides is 3. The highest BCUT2D eigenvalue weighted by Gasteiger charge is 2.41. The zero-order chi connectivity index (χ0) is 15.7. The van der Waals surface area contributed by atoms with E-state index in [4.69, 9.17) is 4.74 Å². The third-order valence-corrected chi connectivity index (χ3v) is 3.32. The van der Waals surface area contributed by atoms with Crippen molar-refractivity contribution in [2.24, 2.45) is 0 Å². The first kappa shape index (κ1) is 17.2. The van der Waals surface area contributed by atoms with Gasteiger partial charge in [-0.25, -0.2) is 9.59 Å². The van der Waals surface area contributed by atoms with Crippen molar-refractivity contribution in [1.29, 1.82) is 0 Å². The molecule has 0 saturated carbocycles. The van der Waals surface area contributed by atoms with E-state index in [0.29, 0.717) is 19.8 Å². The zero-order valence-corrected chi connectivity index (χ0v) is 12.2. The Bertz CT molecular complexity index is 380. The fourth-order valence-corrected chi connectivity index (χ4v) is 2.02. The summed E-state index contributed by atoms with van der Waals surface area (Å²) in [5, 5.41) is 17.0. The van der Waals surface area contributed by atoms with Crippen molar-refractivity contribution in [3.8, 4) is 0 Å². The lowest BCUT2D eigenvalue weighted by Gasteiger charge is -2.33. The summed E-state index contributed by atoms with van der Waals surface area (Å²) in [6.07, 6.45) is 1.47. The maximum atomic E-state index is 11.8. The molecule has 4 N–H and O–H groups in total. The van der Waals surface area contributed by atoms with Gasteiger partial charge >= 0.3 is 12.0 Å². The molecule has 120 valence electrons. The second kappa shape index (κ2) is 8.46. The SMILES string of the molecule is CCCNC(=O)CCNC(=O)NC1(C(=O)O)CCOCC1. The van der Waals surface area contributed by atoms with Crippen LogP contribution in [0.4, 0.5) is 4.79 Å². The van der Waals surface area contributed by atoms with Crippen molar-refractivity contribution < 1.29 is 24.2 Å². The maximum Gasteiger partial charge on any atom is 0.329 e. The van der Waals surface area contributed by atoms with E-state index >= 15 is 0 Å². The van der Waals surface area contributed by atoms with Gasteiger partial charge in [0, 0.05) is 45.6 Å². The number of urea groups is 1. The highest BCUT2D eigenvalue weighted by molar-refractivity contribution is 5.86. The summed E-state index contributed by atoms with van der Waals surface area (Å²) >= 11 is 0. The van der Waals surface area contributed by atoms with Crippen LogP contribution in [0, 0.1) is 0 Å². The summed E-state index contributed by atoms with van der Waals surface area (Å²) in [6.45, 7) is 3.31. The third-order valence-electron chi connectivity index (χ3n) is 3.32. The quantitative estimate of drug-likeness (QED) is 0.521. The molecule has 3 amide bonds. The molecule has 8 nitrogen and oxygen atoms in total. The molecule has 0 radical (unpaired) electrons. The average Bonchev–Trinajstić information content (AvgIpc) is 2.45. The standard InChI is InChI=1S/C13H23N3O5/c1-2-6-14-10(17)3-7-15-12(20)16-13(11(18)19)4-8-21-9-5-13/h2-9H2,1H3,(H,14,17)(H,18,19)(H2,15,16,20). The molecule has 1 heterocycles. The van der Waals surface area contributed by atoms with Crippen LogP contribution in [0.15, 0.2) is 0 Å². The molecule has 0 aromatic heterocycles. The highest BCUT2D eigenvalue weighted by atomic mass is 16.5. The van der Waals surface area contributed by atoms with Gasteiger partial charge in [0.1, 0.15) is 5.54 Å². The third kappa shape index (κ3) is 5.58. The molecule has 0 unspecified atom stereocenters. The Kier molecular flexibility index (Phi) is 6.93. The molecule has 1 fully saturated rings. The van der Waals surface area contributed by atoms with Crippen molar-refractivity contribution in [2.45, 2.75) is 38.1 Å². The summed E-state index contributed by atoms with van der Waals surface area (Å²) < 4.78 is 5.12. The van der Waals surface area contributed by atoms with Crippen molar-refractivity contribution in [3.63, 3.8) is 0 Å². The van der Waals surface area contributed by atoms with Gasteiger partial charge in [-0.15, -0.1) is 0 Å². The summed E-state index contributed by atoms with van der Waals surface area (Å²) in [4.78, 5) is 34.5. The number of hydrogen-bond acceptors (Lipinski definition) is 4. The number of hydrogen-bond donors (Lipinski definition) is 4. The number of ether oxygens (including phenoxy) is 1. The molecule has 0 aliphatic carbocycles.